The maximum atomic E-state index is 6.06. The molecule has 1 aliphatic carbocycles. The summed E-state index contributed by atoms with van der Waals surface area (Å²) in [4.78, 5) is 17.8. The van der Waals surface area contributed by atoms with Crippen molar-refractivity contribution in [2.45, 2.75) is 44.2 Å². The van der Waals surface area contributed by atoms with Gasteiger partial charge >= 0.3 is 0 Å². The summed E-state index contributed by atoms with van der Waals surface area (Å²) in [5, 5.41) is 3.73. The standard InChI is InChI=1S/C14H21ClN6/c15-12-17-13(19-14(18-12)20-6-1-2-7-20)16-10-5-8-21(9-10)11-3-4-11/h10-11H,1-9H2,(H,16,17,18,19). The lowest BCUT2D eigenvalue weighted by atomic mass is 10.3. The monoisotopic (exact) mass is 308 g/mol. The van der Waals surface area contributed by atoms with E-state index in [0.717, 1.165) is 32.1 Å². The van der Waals surface area contributed by atoms with E-state index in [0.29, 0.717) is 17.9 Å². The summed E-state index contributed by atoms with van der Waals surface area (Å²) in [6.45, 7) is 4.30. The Labute approximate surface area is 129 Å². The normalized spacial score (nSPS) is 26.5. The second-order valence-electron chi connectivity index (χ2n) is 6.28. The van der Waals surface area contributed by atoms with Gasteiger partial charge in [-0.15, -0.1) is 0 Å². The number of anilines is 2. The van der Waals surface area contributed by atoms with E-state index in [1.54, 1.807) is 0 Å². The van der Waals surface area contributed by atoms with E-state index in [9.17, 15) is 0 Å². The minimum Gasteiger partial charge on any atom is -0.350 e. The molecule has 0 aromatic carbocycles. The highest BCUT2D eigenvalue weighted by molar-refractivity contribution is 6.28. The Kier molecular flexibility index (Phi) is 3.59. The zero-order valence-electron chi connectivity index (χ0n) is 12.1. The van der Waals surface area contributed by atoms with Gasteiger partial charge in [0.1, 0.15) is 0 Å². The molecule has 1 aromatic rings. The van der Waals surface area contributed by atoms with Crippen molar-refractivity contribution in [2.24, 2.45) is 0 Å². The topological polar surface area (TPSA) is 57.2 Å². The van der Waals surface area contributed by atoms with Gasteiger partial charge in [0.25, 0.3) is 0 Å². The fourth-order valence-corrected chi connectivity index (χ4v) is 3.48. The predicted molar refractivity (Wildman–Crippen MR) is 82.9 cm³/mol. The van der Waals surface area contributed by atoms with Crippen molar-refractivity contribution < 1.29 is 0 Å². The van der Waals surface area contributed by atoms with E-state index in [1.807, 2.05) is 0 Å². The second-order valence-corrected chi connectivity index (χ2v) is 6.62. The van der Waals surface area contributed by atoms with Gasteiger partial charge in [-0.3, -0.25) is 4.90 Å². The van der Waals surface area contributed by atoms with Crippen LogP contribution in [0.2, 0.25) is 5.28 Å². The highest BCUT2D eigenvalue weighted by Gasteiger charge is 2.34. The van der Waals surface area contributed by atoms with Gasteiger partial charge in [0.15, 0.2) is 0 Å². The number of nitrogens with one attached hydrogen (secondary N) is 1. The SMILES string of the molecule is Clc1nc(NC2CCN(C3CC3)C2)nc(N2CCCC2)n1. The molecule has 7 heteroatoms. The van der Waals surface area contributed by atoms with Crippen molar-refractivity contribution in [3.63, 3.8) is 0 Å². The molecule has 4 rings (SSSR count). The summed E-state index contributed by atoms with van der Waals surface area (Å²) in [7, 11) is 0. The zero-order chi connectivity index (χ0) is 14.2. The van der Waals surface area contributed by atoms with Crippen molar-refractivity contribution in [3.05, 3.63) is 5.28 Å². The van der Waals surface area contributed by atoms with Crippen molar-refractivity contribution >= 4 is 23.5 Å². The van der Waals surface area contributed by atoms with Crippen molar-refractivity contribution in [2.75, 3.05) is 36.4 Å². The first kappa shape index (κ1) is 13.5. The summed E-state index contributed by atoms with van der Waals surface area (Å²) in [5.41, 5.74) is 0. The fraction of sp³-hybridized carbons (Fsp3) is 0.786. The molecule has 2 saturated heterocycles. The zero-order valence-corrected chi connectivity index (χ0v) is 12.9. The van der Waals surface area contributed by atoms with Crippen LogP contribution < -0.4 is 10.2 Å². The third-order valence-corrected chi connectivity index (χ3v) is 4.77. The van der Waals surface area contributed by atoms with Crippen LogP contribution in [-0.2, 0) is 0 Å². The Morgan fingerprint density at radius 3 is 2.57 bits per heavy atom. The number of hydrogen-bond donors (Lipinski definition) is 1. The number of rotatable bonds is 4. The summed E-state index contributed by atoms with van der Waals surface area (Å²) in [6, 6.07) is 1.26. The van der Waals surface area contributed by atoms with Crippen molar-refractivity contribution in [3.8, 4) is 0 Å². The maximum Gasteiger partial charge on any atom is 0.231 e. The van der Waals surface area contributed by atoms with Crippen molar-refractivity contribution in [1.82, 2.24) is 19.9 Å². The van der Waals surface area contributed by atoms with Crippen LogP contribution >= 0.6 is 11.6 Å². The number of hydrogen-bond acceptors (Lipinski definition) is 6. The molecule has 0 bridgehead atoms. The van der Waals surface area contributed by atoms with Crippen LogP contribution in [0, 0.1) is 0 Å². The molecule has 114 valence electrons. The number of likely N-dealkylation sites (tertiary alicyclic amines) is 1. The third-order valence-electron chi connectivity index (χ3n) is 4.60. The van der Waals surface area contributed by atoms with Crippen LogP contribution in [0.25, 0.3) is 0 Å². The van der Waals surface area contributed by atoms with Crippen LogP contribution in [0.1, 0.15) is 32.1 Å². The lowest BCUT2D eigenvalue weighted by Crippen LogP contribution is -2.29. The van der Waals surface area contributed by atoms with Gasteiger partial charge in [-0.2, -0.15) is 15.0 Å². The van der Waals surface area contributed by atoms with Gasteiger partial charge < -0.3 is 10.2 Å². The molecule has 2 aliphatic heterocycles. The molecule has 1 aromatic heterocycles. The van der Waals surface area contributed by atoms with Gasteiger partial charge in [-0.25, -0.2) is 0 Å². The lowest BCUT2D eigenvalue weighted by molar-refractivity contribution is 0.326. The van der Waals surface area contributed by atoms with E-state index in [2.05, 4.69) is 30.1 Å². The molecule has 1 atom stereocenters. The highest BCUT2D eigenvalue weighted by Crippen LogP contribution is 2.30. The maximum absolute atomic E-state index is 6.06. The molecular weight excluding hydrogens is 288 g/mol. The Hall–Kier alpha value is -1.14. The summed E-state index contributed by atoms with van der Waals surface area (Å²) in [5.74, 6) is 1.34. The predicted octanol–water partition coefficient (Wildman–Crippen LogP) is 1.77. The third kappa shape index (κ3) is 3.06. The molecule has 3 heterocycles. The Morgan fingerprint density at radius 1 is 1.00 bits per heavy atom. The summed E-state index contributed by atoms with van der Waals surface area (Å²) < 4.78 is 0. The Morgan fingerprint density at radius 2 is 1.81 bits per heavy atom. The average molecular weight is 309 g/mol. The number of nitrogens with zero attached hydrogens (tertiary/aromatic N) is 5. The Balaban J connectivity index is 1.44. The average Bonchev–Trinajstić information content (AvgIpc) is 2.99. The van der Waals surface area contributed by atoms with Crippen LogP contribution in [0.5, 0.6) is 0 Å². The molecule has 21 heavy (non-hydrogen) atoms. The molecule has 0 radical (unpaired) electrons. The van der Waals surface area contributed by atoms with Gasteiger partial charge in [0.05, 0.1) is 0 Å². The smallest absolute Gasteiger partial charge is 0.231 e. The molecule has 1 saturated carbocycles. The molecule has 1 N–H and O–H groups in total. The first-order valence-corrected chi connectivity index (χ1v) is 8.33. The lowest BCUT2D eigenvalue weighted by Gasteiger charge is -2.18. The van der Waals surface area contributed by atoms with E-state index < -0.39 is 0 Å². The van der Waals surface area contributed by atoms with Crippen LogP contribution in [0.15, 0.2) is 0 Å². The molecular formula is C14H21ClN6. The van der Waals surface area contributed by atoms with E-state index in [4.69, 9.17) is 11.6 Å². The molecule has 6 nitrogen and oxygen atoms in total. The van der Waals surface area contributed by atoms with Crippen LogP contribution in [0.4, 0.5) is 11.9 Å². The molecule has 0 amide bonds. The first-order valence-electron chi connectivity index (χ1n) is 7.95. The van der Waals surface area contributed by atoms with E-state index in [-0.39, 0.29) is 5.28 Å². The van der Waals surface area contributed by atoms with Gasteiger partial charge in [-0.1, -0.05) is 0 Å². The van der Waals surface area contributed by atoms with Crippen molar-refractivity contribution in [1.29, 1.82) is 0 Å². The van der Waals surface area contributed by atoms with Gasteiger partial charge in [-0.05, 0) is 43.7 Å². The van der Waals surface area contributed by atoms with Gasteiger partial charge in [0.2, 0.25) is 17.2 Å². The first-order chi connectivity index (χ1) is 10.3. The van der Waals surface area contributed by atoms with E-state index >= 15 is 0 Å². The van der Waals surface area contributed by atoms with E-state index in [1.165, 1.54) is 32.2 Å². The quantitative estimate of drug-likeness (QED) is 0.915. The van der Waals surface area contributed by atoms with Gasteiger partial charge in [0, 0.05) is 38.3 Å². The molecule has 3 fully saturated rings. The second kappa shape index (κ2) is 5.57. The number of halogens is 1. The summed E-state index contributed by atoms with van der Waals surface area (Å²) in [6.07, 6.45) is 6.28. The minimum absolute atomic E-state index is 0.284. The molecule has 3 aliphatic rings. The summed E-state index contributed by atoms with van der Waals surface area (Å²) >= 11 is 6.06. The highest BCUT2D eigenvalue weighted by atomic mass is 35.5. The number of aromatic nitrogens is 3. The van der Waals surface area contributed by atoms with Crippen LogP contribution in [-0.4, -0.2) is 58.1 Å². The Bertz CT molecular complexity index is 514. The molecule has 1 unspecified atom stereocenters. The fourth-order valence-electron chi connectivity index (χ4n) is 3.32. The minimum atomic E-state index is 0.284. The van der Waals surface area contributed by atoms with Crippen LogP contribution in [0.3, 0.4) is 0 Å². The largest absolute Gasteiger partial charge is 0.350 e. The molecule has 0 spiro atoms.